The van der Waals surface area contributed by atoms with E-state index in [1.165, 1.54) is 11.9 Å². The van der Waals surface area contributed by atoms with Gasteiger partial charge >= 0.3 is 5.97 Å². The molecular formula is C19H18N2O4. The lowest BCUT2D eigenvalue weighted by atomic mass is 9.85. The Morgan fingerprint density at radius 2 is 1.64 bits per heavy atom. The van der Waals surface area contributed by atoms with Gasteiger partial charge in [0.1, 0.15) is 11.5 Å². The van der Waals surface area contributed by atoms with Crippen molar-refractivity contribution in [3.63, 3.8) is 0 Å². The smallest absolute Gasteiger partial charge is 0.332 e. The highest BCUT2D eigenvalue weighted by Gasteiger charge is 2.53. The lowest BCUT2D eigenvalue weighted by molar-refractivity contribution is -0.146. The molecule has 128 valence electrons. The van der Waals surface area contributed by atoms with Gasteiger partial charge in [0.25, 0.3) is 5.91 Å². The van der Waals surface area contributed by atoms with Crippen molar-refractivity contribution in [2.24, 2.45) is 10.5 Å². The van der Waals surface area contributed by atoms with Crippen molar-refractivity contribution in [2.75, 3.05) is 12.1 Å². The Hall–Kier alpha value is -3.15. The number of nitrogens with zero attached hydrogens (tertiary/aromatic N) is 2. The van der Waals surface area contributed by atoms with E-state index < -0.39 is 17.3 Å². The first-order valence-electron chi connectivity index (χ1n) is 7.78. The number of ether oxygens (including phenoxy) is 2. The summed E-state index contributed by atoms with van der Waals surface area (Å²) in [6.45, 7) is 3.18. The van der Waals surface area contributed by atoms with Crippen LogP contribution in [0.2, 0.25) is 0 Å². The zero-order valence-corrected chi connectivity index (χ0v) is 14.2. The molecule has 6 heteroatoms. The number of anilines is 1. The molecule has 0 N–H and O–H groups in total. The van der Waals surface area contributed by atoms with Crippen LogP contribution in [0.1, 0.15) is 13.8 Å². The van der Waals surface area contributed by atoms with Crippen molar-refractivity contribution in [3.8, 4) is 11.5 Å². The maximum atomic E-state index is 12.9. The third kappa shape index (κ3) is 2.87. The average molecular weight is 338 g/mol. The number of carbonyl (C=O) groups is 2. The van der Waals surface area contributed by atoms with E-state index in [1.54, 1.807) is 62.6 Å². The molecule has 3 rings (SSSR count). The Labute approximate surface area is 145 Å². The Balaban J connectivity index is 1.84. The molecule has 0 saturated heterocycles. The highest BCUT2D eigenvalue weighted by Crippen LogP contribution is 2.34. The van der Waals surface area contributed by atoms with Gasteiger partial charge in [0, 0.05) is 0 Å². The van der Waals surface area contributed by atoms with Gasteiger partial charge in [-0.3, -0.25) is 9.59 Å². The van der Waals surface area contributed by atoms with Crippen LogP contribution in [0.4, 0.5) is 5.69 Å². The number of hydrazone groups is 1. The number of hydrogen-bond acceptors (Lipinski definition) is 5. The molecule has 0 spiro atoms. The number of esters is 1. The van der Waals surface area contributed by atoms with Crippen LogP contribution in [0.15, 0.2) is 59.7 Å². The van der Waals surface area contributed by atoms with Gasteiger partial charge in [-0.1, -0.05) is 18.2 Å². The topological polar surface area (TPSA) is 68.2 Å². The van der Waals surface area contributed by atoms with Crippen LogP contribution in [-0.4, -0.2) is 24.7 Å². The first kappa shape index (κ1) is 16.7. The highest BCUT2D eigenvalue weighted by atomic mass is 16.5. The van der Waals surface area contributed by atoms with E-state index in [1.807, 2.05) is 6.07 Å². The van der Waals surface area contributed by atoms with Crippen molar-refractivity contribution in [1.82, 2.24) is 0 Å². The number of hydrogen-bond donors (Lipinski definition) is 0. The fourth-order valence-electron chi connectivity index (χ4n) is 2.49. The SMILES string of the molecule is COc1ccc(OC(=O)C2(C)C(=O)N(c3ccccc3)N=C2C)cc1. The summed E-state index contributed by atoms with van der Waals surface area (Å²) in [5, 5.41) is 5.50. The third-order valence-electron chi connectivity index (χ3n) is 4.27. The molecule has 0 aliphatic carbocycles. The Morgan fingerprint density at radius 3 is 2.24 bits per heavy atom. The van der Waals surface area contributed by atoms with Gasteiger partial charge in [-0.05, 0) is 50.2 Å². The van der Waals surface area contributed by atoms with Gasteiger partial charge in [0.2, 0.25) is 0 Å². The fourth-order valence-corrected chi connectivity index (χ4v) is 2.49. The second-order valence-corrected chi connectivity index (χ2v) is 5.83. The van der Waals surface area contributed by atoms with E-state index in [-0.39, 0.29) is 0 Å². The van der Waals surface area contributed by atoms with E-state index in [9.17, 15) is 9.59 Å². The molecule has 1 atom stereocenters. The van der Waals surface area contributed by atoms with Crippen LogP contribution in [-0.2, 0) is 9.59 Å². The van der Waals surface area contributed by atoms with Crippen molar-refractivity contribution in [1.29, 1.82) is 0 Å². The fraction of sp³-hybridized carbons (Fsp3) is 0.211. The molecule has 1 unspecified atom stereocenters. The van der Waals surface area contributed by atoms with Crippen molar-refractivity contribution >= 4 is 23.3 Å². The number of carbonyl (C=O) groups excluding carboxylic acids is 2. The summed E-state index contributed by atoms with van der Waals surface area (Å²) in [7, 11) is 1.55. The van der Waals surface area contributed by atoms with E-state index in [4.69, 9.17) is 9.47 Å². The van der Waals surface area contributed by atoms with Crippen LogP contribution in [0.25, 0.3) is 0 Å². The molecular weight excluding hydrogens is 320 g/mol. The number of benzene rings is 2. The second kappa shape index (κ2) is 6.39. The Bertz CT molecular complexity index is 830. The molecule has 0 fully saturated rings. The molecule has 1 aliphatic rings. The zero-order valence-electron chi connectivity index (χ0n) is 14.2. The summed E-state index contributed by atoms with van der Waals surface area (Å²) in [5.41, 5.74) is -0.469. The van der Waals surface area contributed by atoms with Crippen LogP contribution >= 0.6 is 0 Å². The van der Waals surface area contributed by atoms with Gasteiger partial charge in [0.05, 0.1) is 18.5 Å². The largest absolute Gasteiger partial charge is 0.497 e. The monoisotopic (exact) mass is 338 g/mol. The first-order valence-corrected chi connectivity index (χ1v) is 7.78. The second-order valence-electron chi connectivity index (χ2n) is 5.83. The molecule has 1 heterocycles. The molecule has 1 amide bonds. The van der Waals surface area contributed by atoms with Gasteiger partial charge in [0.15, 0.2) is 5.41 Å². The highest BCUT2D eigenvalue weighted by molar-refractivity contribution is 6.29. The van der Waals surface area contributed by atoms with E-state index in [2.05, 4.69) is 5.10 Å². The average Bonchev–Trinajstić information content (AvgIpc) is 2.88. The van der Waals surface area contributed by atoms with Gasteiger partial charge < -0.3 is 9.47 Å². The minimum absolute atomic E-state index is 0.339. The van der Waals surface area contributed by atoms with Crippen molar-refractivity contribution < 1.29 is 19.1 Å². The predicted octanol–water partition coefficient (Wildman–Crippen LogP) is 3.03. The summed E-state index contributed by atoms with van der Waals surface area (Å²) in [4.78, 5) is 25.6. The quantitative estimate of drug-likeness (QED) is 0.488. The molecule has 0 bridgehead atoms. The molecule has 2 aromatic carbocycles. The predicted molar refractivity (Wildman–Crippen MR) is 93.8 cm³/mol. The molecule has 1 aliphatic heterocycles. The van der Waals surface area contributed by atoms with Crippen LogP contribution in [0.5, 0.6) is 11.5 Å². The maximum Gasteiger partial charge on any atom is 0.332 e. The van der Waals surface area contributed by atoms with Crippen LogP contribution < -0.4 is 14.5 Å². The minimum atomic E-state index is -1.46. The van der Waals surface area contributed by atoms with E-state index in [0.29, 0.717) is 22.9 Å². The lowest BCUT2D eigenvalue weighted by Crippen LogP contribution is -2.45. The van der Waals surface area contributed by atoms with Gasteiger partial charge in [-0.2, -0.15) is 10.1 Å². The Kier molecular flexibility index (Phi) is 4.27. The molecule has 2 aromatic rings. The summed E-state index contributed by atoms with van der Waals surface area (Å²) in [6, 6.07) is 15.6. The van der Waals surface area contributed by atoms with Crippen molar-refractivity contribution in [3.05, 3.63) is 54.6 Å². The van der Waals surface area contributed by atoms with Crippen molar-refractivity contribution in [2.45, 2.75) is 13.8 Å². The zero-order chi connectivity index (χ0) is 18.0. The molecule has 25 heavy (non-hydrogen) atoms. The minimum Gasteiger partial charge on any atom is -0.497 e. The normalized spacial score (nSPS) is 19.6. The number of amides is 1. The number of rotatable bonds is 4. The van der Waals surface area contributed by atoms with E-state index >= 15 is 0 Å². The standard InChI is InChI=1S/C19H18N2O4/c1-13-19(2,17(22)21(20-13)14-7-5-4-6-8-14)18(23)25-16-11-9-15(24-3)10-12-16/h4-12H,1-3H3. The first-order chi connectivity index (χ1) is 12.0. The summed E-state index contributed by atoms with van der Waals surface area (Å²) >= 11 is 0. The molecule has 0 radical (unpaired) electrons. The molecule has 0 aromatic heterocycles. The van der Waals surface area contributed by atoms with Gasteiger partial charge in [-0.25, -0.2) is 0 Å². The van der Waals surface area contributed by atoms with Crippen LogP contribution in [0.3, 0.4) is 0 Å². The summed E-state index contributed by atoms with van der Waals surface area (Å²) < 4.78 is 10.5. The maximum absolute atomic E-state index is 12.9. The third-order valence-corrected chi connectivity index (χ3v) is 4.27. The Morgan fingerprint density at radius 1 is 1.04 bits per heavy atom. The lowest BCUT2D eigenvalue weighted by Gasteiger charge is -2.21. The van der Waals surface area contributed by atoms with Crippen LogP contribution in [0, 0.1) is 5.41 Å². The summed E-state index contributed by atoms with van der Waals surface area (Å²) in [6.07, 6.45) is 0. The number of methoxy groups -OCH3 is 1. The summed E-state index contributed by atoms with van der Waals surface area (Å²) in [5.74, 6) is -0.112. The number of para-hydroxylation sites is 1. The molecule has 0 saturated carbocycles. The van der Waals surface area contributed by atoms with E-state index in [0.717, 1.165) is 0 Å². The van der Waals surface area contributed by atoms with Gasteiger partial charge in [-0.15, -0.1) is 0 Å². The molecule has 6 nitrogen and oxygen atoms in total.